The summed E-state index contributed by atoms with van der Waals surface area (Å²) in [6, 6.07) is 8.51. The maximum absolute atomic E-state index is 3.88. The Bertz CT molecular complexity index is 296. The van der Waals surface area contributed by atoms with Gasteiger partial charge >= 0.3 is 0 Å². The Labute approximate surface area is 85.9 Å². The Hall–Kier alpha value is -1.18. The smallest absolute Gasteiger partial charge is 0.0602 e. The fourth-order valence-electron chi connectivity index (χ4n) is 1.88. The van der Waals surface area contributed by atoms with Gasteiger partial charge < -0.3 is 10.2 Å². The van der Waals surface area contributed by atoms with Crippen LogP contribution in [0.25, 0.3) is 0 Å². The highest BCUT2D eigenvalue weighted by Gasteiger charge is 2.14. The van der Waals surface area contributed by atoms with Crippen molar-refractivity contribution >= 4 is 11.4 Å². The molecule has 1 heterocycles. The summed E-state index contributed by atoms with van der Waals surface area (Å²) in [5.41, 5.74) is 2.61. The monoisotopic (exact) mass is 189 g/mol. The highest BCUT2D eigenvalue weighted by Crippen LogP contribution is 2.28. The quantitative estimate of drug-likeness (QED) is 0.786. The Balaban J connectivity index is 2.14. The van der Waals surface area contributed by atoms with Crippen LogP contribution in [0.1, 0.15) is 12.8 Å². The fraction of sp³-hybridized carbons (Fsp3) is 0.417. The molecule has 75 valence electrons. The molecule has 1 aromatic rings. The Morgan fingerprint density at radius 2 is 2.21 bits per heavy atom. The van der Waals surface area contributed by atoms with Crippen molar-refractivity contribution in [2.75, 3.05) is 29.9 Å². The lowest BCUT2D eigenvalue weighted by Gasteiger charge is -2.31. The van der Waals surface area contributed by atoms with E-state index in [2.05, 4.69) is 41.4 Å². The minimum Gasteiger partial charge on any atom is -0.382 e. The normalized spacial score (nSPS) is 14.8. The number of unbranched alkanes of at least 4 members (excludes halogenated alkanes) is 1. The number of nitrogens with one attached hydrogen (secondary N) is 1. The number of hydrogen-bond acceptors (Lipinski definition) is 2. The fourth-order valence-corrected chi connectivity index (χ4v) is 1.88. The van der Waals surface area contributed by atoms with Crippen molar-refractivity contribution in [2.45, 2.75) is 12.8 Å². The zero-order valence-corrected chi connectivity index (χ0v) is 8.50. The topological polar surface area (TPSA) is 15.3 Å². The molecule has 1 radical (unpaired) electrons. The lowest BCUT2D eigenvalue weighted by Crippen LogP contribution is -2.34. The number of nitrogens with zero attached hydrogens (tertiary/aromatic N) is 1. The van der Waals surface area contributed by atoms with Crippen LogP contribution >= 0.6 is 0 Å². The first-order valence-electron chi connectivity index (χ1n) is 5.29. The predicted molar refractivity (Wildman–Crippen MR) is 61.7 cm³/mol. The molecule has 0 aromatic heterocycles. The summed E-state index contributed by atoms with van der Waals surface area (Å²) < 4.78 is 0. The second kappa shape index (κ2) is 4.36. The van der Waals surface area contributed by atoms with Gasteiger partial charge in [0.05, 0.1) is 11.4 Å². The third kappa shape index (κ3) is 1.84. The average molecular weight is 189 g/mol. The van der Waals surface area contributed by atoms with Gasteiger partial charge in [-0.05, 0) is 18.6 Å². The average Bonchev–Trinajstić information content (AvgIpc) is 2.26. The molecule has 0 bridgehead atoms. The molecule has 0 spiro atoms. The molecule has 1 aliphatic rings. The number of rotatable bonds is 3. The van der Waals surface area contributed by atoms with Gasteiger partial charge in [-0.3, -0.25) is 0 Å². The van der Waals surface area contributed by atoms with Gasteiger partial charge in [0.1, 0.15) is 0 Å². The standard InChI is InChI=1S/C12H17N2/c1-2-3-9-14-10-8-13-11-6-4-5-7-12(11)14/h4-7,13H,1-3,8-10H2. The van der Waals surface area contributed by atoms with Crippen molar-refractivity contribution < 1.29 is 0 Å². The molecule has 2 rings (SSSR count). The van der Waals surface area contributed by atoms with Crippen LogP contribution in [-0.4, -0.2) is 19.6 Å². The zero-order valence-electron chi connectivity index (χ0n) is 8.50. The molecule has 1 aliphatic heterocycles. The van der Waals surface area contributed by atoms with E-state index in [0.29, 0.717) is 0 Å². The molecular weight excluding hydrogens is 172 g/mol. The van der Waals surface area contributed by atoms with Gasteiger partial charge in [0.2, 0.25) is 0 Å². The van der Waals surface area contributed by atoms with Crippen molar-refractivity contribution in [3.05, 3.63) is 31.2 Å². The lowest BCUT2D eigenvalue weighted by molar-refractivity contribution is 0.732. The van der Waals surface area contributed by atoms with E-state index >= 15 is 0 Å². The first-order valence-corrected chi connectivity index (χ1v) is 5.29. The Kier molecular flexibility index (Phi) is 2.92. The number of fused-ring (bicyclic) bond motifs is 1. The SMILES string of the molecule is [CH2]CCCN1CCNc2ccccc21. The van der Waals surface area contributed by atoms with Crippen LogP contribution in [0.3, 0.4) is 0 Å². The maximum atomic E-state index is 3.88. The molecule has 0 aliphatic carbocycles. The van der Waals surface area contributed by atoms with Crippen LogP contribution in [0.15, 0.2) is 24.3 Å². The highest BCUT2D eigenvalue weighted by molar-refractivity contribution is 5.71. The first-order chi connectivity index (χ1) is 6.92. The summed E-state index contributed by atoms with van der Waals surface area (Å²) >= 11 is 0. The summed E-state index contributed by atoms with van der Waals surface area (Å²) in [4.78, 5) is 2.44. The van der Waals surface area contributed by atoms with E-state index in [1.807, 2.05) is 0 Å². The van der Waals surface area contributed by atoms with Crippen molar-refractivity contribution in [2.24, 2.45) is 0 Å². The van der Waals surface area contributed by atoms with E-state index in [9.17, 15) is 0 Å². The molecule has 1 aromatic carbocycles. The van der Waals surface area contributed by atoms with Crippen LogP contribution in [0, 0.1) is 6.92 Å². The molecule has 14 heavy (non-hydrogen) atoms. The molecule has 0 fully saturated rings. The summed E-state index contributed by atoms with van der Waals surface area (Å²) in [5, 5.41) is 3.41. The second-order valence-electron chi connectivity index (χ2n) is 3.64. The van der Waals surface area contributed by atoms with Crippen LogP contribution in [0.4, 0.5) is 11.4 Å². The van der Waals surface area contributed by atoms with E-state index < -0.39 is 0 Å². The molecule has 1 N–H and O–H groups in total. The number of anilines is 2. The van der Waals surface area contributed by atoms with E-state index in [-0.39, 0.29) is 0 Å². The van der Waals surface area contributed by atoms with Crippen molar-refractivity contribution in [3.8, 4) is 0 Å². The molecule has 0 amide bonds. The van der Waals surface area contributed by atoms with Gasteiger partial charge in [-0.2, -0.15) is 0 Å². The number of benzene rings is 1. The number of para-hydroxylation sites is 2. The first kappa shape index (κ1) is 9.38. The molecule has 0 saturated heterocycles. The molecule has 0 atom stereocenters. The molecular formula is C12H17N2. The maximum Gasteiger partial charge on any atom is 0.0602 e. The van der Waals surface area contributed by atoms with E-state index in [1.54, 1.807) is 0 Å². The highest BCUT2D eigenvalue weighted by atomic mass is 15.2. The third-order valence-corrected chi connectivity index (χ3v) is 2.62. The molecule has 0 saturated carbocycles. The summed E-state index contributed by atoms with van der Waals surface area (Å²) in [5.74, 6) is 0. The minimum atomic E-state index is 1.02. The van der Waals surface area contributed by atoms with E-state index in [0.717, 1.165) is 26.1 Å². The van der Waals surface area contributed by atoms with Gasteiger partial charge in [-0.1, -0.05) is 25.5 Å². The van der Waals surface area contributed by atoms with Crippen molar-refractivity contribution in [3.63, 3.8) is 0 Å². The Morgan fingerprint density at radius 3 is 3.07 bits per heavy atom. The lowest BCUT2D eigenvalue weighted by atomic mass is 10.2. The van der Waals surface area contributed by atoms with Gasteiger partial charge in [0, 0.05) is 19.6 Å². The largest absolute Gasteiger partial charge is 0.382 e. The predicted octanol–water partition coefficient (Wildman–Crippen LogP) is 2.53. The zero-order chi connectivity index (χ0) is 9.80. The Morgan fingerprint density at radius 1 is 1.36 bits per heavy atom. The van der Waals surface area contributed by atoms with Gasteiger partial charge in [-0.25, -0.2) is 0 Å². The second-order valence-corrected chi connectivity index (χ2v) is 3.64. The van der Waals surface area contributed by atoms with E-state index in [4.69, 9.17) is 0 Å². The van der Waals surface area contributed by atoms with Crippen LogP contribution in [0.5, 0.6) is 0 Å². The van der Waals surface area contributed by atoms with Crippen molar-refractivity contribution in [1.29, 1.82) is 0 Å². The van der Waals surface area contributed by atoms with Crippen LogP contribution in [-0.2, 0) is 0 Å². The molecule has 2 nitrogen and oxygen atoms in total. The van der Waals surface area contributed by atoms with Gasteiger partial charge in [0.15, 0.2) is 0 Å². The van der Waals surface area contributed by atoms with Crippen LogP contribution < -0.4 is 10.2 Å². The van der Waals surface area contributed by atoms with Gasteiger partial charge in [-0.15, -0.1) is 0 Å². The van der Waals surface area contributed by atoms with Gasteiger partial charge in [0.25, 0.3) is 0 Å². The van der Waals surface area contributed by atoms with Crippen molar-refractivity contribution in [1.82, 2.24) is 0 Å². The van der Waals surface area contributed by atoms with Crippen LogP contribution in [0.2, 0.25) is 0 Å². The third-order valence-electron chi connectivity index (χ3n) is 2.62. The summed E-state index contributed by atoms with van der Waals surface area (Å²) in [6.45, 7) is 7.17. The summed E-state index contributed by atoms with van der Waals surface area (Å²) in [6.07, 6.45) is 2.19. The molecule has 2 heteroatoms. The summed E-state index contributed by atoms with van der Waals surface area (Å²) in [7, 11) is 0. The van der Waals surface area contributed by atoms with E-state index in [1.165, 1.54) is 17.8 Å². The minimum absolute atomic E-state index is 1.02. The molecule has 0 unspecified atom stereocenters. The number of hydrogen-bond donors (Lipinski definition) is 1.